The number of fused-ring (bicyclic) bond motifs is 1. The van der Waals surface area contributed by atoms with Crippen LogP contribution >= 0.6 is 0 Å². The molecule has 3 rings (SSSR count). The molecule has 0 N–H and O–H groups in total. The van der Waals surface area contributed by atoms with Crippen LogP contribution in [0, 0.1) is 0 Å². The average molecular weight is 344 g/mol. The molecule has 1 unspecified atom stereocenters. The molecule has 1 aromatic heterocycles. The number of carbonyl (C=O) groups is 1. The molecule has 134 valence electrons. The number of rotatable bonds is 3. The van der Waals surface area contributed by atoms with Gasteiger partial charge in [-0.25, -0.2) is 9.78 Å². The van der Waals surface area contributed by atoms with Crippen molar-refractivity contribution in [2.45, 2.75) is 38.9 Å². The minimum atomic E-state index is -0.496. The first-order chi connectivity index (χ1) is 11.9. The van der Waals surface area contributed by atoms with Crippen molar-refractivity contribution < 1.29 is 19.0 Å². The monoisotopic (exact) mass is 344 g/mol. The number of carbonyl (C=O) groups excluding carboxylic acids is 1. The number of hydrogen-bond acceptors (Lipinski definition) is 5. The Bertz CT molecular complexity index is 770. The van der Waals surface area contributed by atoms with Gasteiger partial charge in [-0.3, -0.25) is 0 Å². The number of nitrogens with zero attached hydrogens (tertiary/aromatic N) is 2. The molecule has 6 heteroatoms. The first kappa shape index (κ1) is 17.3. The van der Waals surface area contributed by atoms with E-state index < -0.39 is 5.60 Å². The van der Waals surface area contributed by atoms with Gasteiger partial charge in [0.2, 0.25) is 5.88 Å². The first-order valence-corrected chi connectivity index (χ1v) is 8.43. The summed E-state index contributed by atoms with van der Waals surface area (Å²) in [6.07, 6.45) is 2.02. The molecule has 0 saturated carbocycles. The smallest absolute Gasteiger partial charge is 0.410 e. The van der Waals surface area contributed by atoms with E-state index in [2.05, 4.69) is 4.98 Å². The highest BCUT2D eigenvalue weighted by atomic mass is 16.6. The van der Waals surface area contributed by atoms with Crippen LogP contribution < -0.4 is 9.47 Å². The van der Waals surface area contributed by atoms with E-state index in [-0.39, 0.29) is 12.2 Å². The minimum absolute atomic E-state index is 0.100. The lowest BCUT2D eigenvalue weighted by Crippen LogP contribution is -2.36. The number of benzene rings is 1. The molecule has 2 heterocycles. The second-order valence-corrected chi connectivity index (χ2v) is 7.13. The van der Waals surface area contributed by atoms with Gasteiger partial charge < -0.3 is 19.1 Å². The summed E-state index contributed by atoms with van der Waals surface area (Å²) in [7, 11) is 1.62. The highest BCUT2D eigenvalue weighted by Crippen LogP contribution is 2.32. The Balaban J connectivity index is 1.72. The maximum atomic E-state index is 12.2. The van der Waals surface area contributed by atoms with Crippen LogP contribution in [-0.2, 0) is 4.74 Å². The second-order valence-electron chi connectivity index (χ2n) is 7.13. The molecule has 1 fully saturated rings. The van der Waals surface area contributed by atoms with Crippen molar-refractivity contribution in [3.8, 4) is 11.6 Å². The summed E-state index contributed by atoms with van der Waals surface area (Å²) in [4.78, 5) is 18.2. The van der Waals surface area contributed by atoms with Crippen LogP contribution in [0.25, 0.3) is 10.8 Å². The predicted molar refractivity (Wildman–Crippen MR) is 95.1 cm³/mol. The third-order valence-corrected chi connectivity index (χ3v) is 4.02. The summed E-state index contributed by atoms with van der Waals surface area (Å²) in [5, 5.41) is 1.86. The van der Waals surface area contributed by atoms with E-state index in [9.17, 15) is 4.79 Å². The Morgan fingerprint density at radius 3 is 2.64 bits per heavy atom. The maximum absolute atomic E-state index is 12.2. The van der Waals surface area contributed by atoms with Crippen LogP contribution in [0.5, 0.6) is 11.6 Å². The number of likely N-dealkylation sites (tertiary alicyclic amines) is 1. The Hall–Kier alpha value is -2.50. The molecule has 0 bridgehead atoms. The Labute approximate surface area is 147 Å². The topological polar surface area (TPSA) is 60.9 Å². The van der Waals surface area contributed by atoms with Crippen molar-refractivity contribution in [1.29, 1.82) is 0 Å². The zero-order valence-electron chi connectivity index (χ0n) is 15.1. The third-order valence-electron chi connectivity index (χ3n) is 4.02. The van der Waals surface area contributed by atoms with E-state index >= 15 is 0 Å². The van der Waals surface area contributed by atoms with Crippen molar-refractivity contribution in [3.63, 3.8) is 0 Å². The van der Waals surface area contributed by atoms with E-state index in [0.29, 0.717) is 24.7 Å². The maximum Gasteiger partial charge on any atom is 0.410 e. The van der Waals surface area contributed by atoms with Crippen molar-refractivity contribution in [2.24, 2.45) is 0 Å². The summed E-state index contributed by atoms with van der Waals surface area (Å²) in [6, 6.07) is 7.83. The molecule has 0 radical (unpaired) electrons. The number of ether oxygens (including phenoxy) is 3. The van der Waals surface area contributed by atoms with Gasteiger partial charge in [0.25, 0.3) is 0 Å². The second kappa shape index (κ2) is 6.78. The number of hydrogen-bond donors (Lipinski definition) is 0. The number of aromatic nitrogens is 1. The first-order valence-electron chi connectivity index (χ1n) is 8.43. The average Bonchev–Trinajstić information content (AvgIpc) is 3.02. The Morgan fingerprint density at radius 2 is 1.96 bits per heavy atom. The molecular formula is C19H24N2O4. The summed E-state index contributed by atoms with van der Waals surface area (Å²) < 4.78 is 16.9. The largest absolute Gasteiger partial charge is 0.494 e. The number of methoxy groups -OCH3 is 1. The summed E-state index contributed by atoms with van der Waals surface area (Å²) in [5.41, 5.74) is -0.496. The summed E-state index contributed by atoms with van der Waals surface area (Å²) >= 11 is 0. The predicted octanol–water partition coefficient (Wildman–Crippen LogP) is 3.63. The third kappa shape index (κ3) is 3.95. The Morgan fingerprint density at radius 1 is 1.24 bits per heavy atom. The van der Waals surface area contributed by atoms with Gasteiger partial charge in [0.1, 0.15) is 17.5 Å². The van der Waals surface area contributed by atoms with E-state index in [1.807, 2.05) is 45.0 Å². The van der Waals surface area contributed by atoms with Crippen LogP contribution in [0.2, 0.25) is 0 Å². The zero-order valence-corrected chi connectivity index (χ0v) is 15.1. The van der Waals surface area contributed by atoms with Gasteiger partial charge in [0.05, 0.1) is 19.9 Å². The van der Waals surface area contributed by atoms with Crippen molar-refractivity contribution in [1.82, 2.24) is 9.88 Å². The van der Waals surface area contributed by atoms with E-state index in [0.717, 1.165) is 17.2 Å². The SMILES string of the molecule is COc1cnc(OC2CCN(C(=O)OC(C)(C)C)C2)c2ccccc12. The highest BCUT2D eigenvalue weighted by Gasteiger charge is 2.31. The van der Waals surface area contributed by atoms with Crippen LogP contribution in [0.3, 0.4) is 0 Å². The quantitative estimate of drug-likeness (QED) is 0.851. The standard InChI is InChI=1S/C19H24N2O4/c1-19(2,3)25-18(22)21-10-9-13(12-21)24-17-15-8-6-5-7-14(15)16(23-4)11-20-17/h5-8,11,13H,9-10,12H2,1-4H3. The zero-order chi connectivity index (χ0) is 18.0. The fourth-order valence-corrected chi connectivity index (χ4v) is 2.87. The van der Waals surface area contributed by atoms with Gasteiger partial charge in [-0.1, -0.05) is 18.2 Å². The lowest BCUT2D eigenvalue weighted by Gasteiger charge is -2.24. The number of pyridine rings is 1. The van der Waals surface area contributed by atoms with Gasteiger partial charge in [0, 0.05) is 23.7 Å². The molecule has 0 aliphatic carbocycles. The molecular weight excluding hydrogens is 320 g/mol. The molecule has 1 aromatic carbocycles. The van der Waals surface area contributed by atoms with E-state index in [1.54, 1.807) is 18.2 Å². The molecule has 25 heavy (non-hydrogen) atoms. The highest BCUT2D eigenvalue weighted by molar-refractivity contribution is 5.91. The lowest BCUT2D eigenvalue weighted by atomic mass is 10.1. The van der Waals surface area contributed by atoms with Crippen molar-refractivity contribution in [2.75, 3.05) is 20.2 Å². The van der Waals surface area contributed by atoms with Crippen LogP contribution in [0.4, 0.5) is 4.79 Å². The van der Waals surface area contributed by atoms with Gasteiger partial charge >= 0.3 is 6.09 Å². The normalized spacial score (nSPS) is 17.6. The Kier molecular flexibility index (Phi) is 4.70. The van der Waals surface area contributed by atoms with Crippen LogP contribution in [0.1, 0.15) is 27.2 Å². The van der Waals surface area contributed by atoms with Gasteiger partial charge in [-0.05, 0) is 26.8 Å². The van der Waals surface area contributed by atoms with Gasteiger partial charge in [-0.2, -0.15) is 0 Å². The lowest BCUT2D eigenvalue weighted by molar-refractivity contribution is 0.0275. The molecule has 1 aliphatic rings. The molecule has 2 aromatic rings. The minimum Gasteiger partial charge on any atom is -0.494 e. The summed E-state index contributed by atoms with van der Waals surface area (Å²) in [5.74, 6) is 1.28. The van der Waals surface area contributed by atoms with Crippen molar-refractivity contribution in [3.05, 3.63) is 30.5 Å². The van der Waals surface area contributed by atoms with Crippen LogP contribution in [-0.4, -0.2) is 47.9 Å². The summed E-state index contributed by atoms with van der Waals surface area (Å²) in [6.45, 7) is 6.71. The fraction of sp³-hybridized carbons (Fsp3) is 0.474. The number of amides is 1. The van der Waals surface area contributed by atoms with Crippen molar-refractivity contribution >= 4 is 16.9 Å². The molecule has 1 amide bonds. The molecule has 0 spiro atoms. The fourth-order valence-electron chi connectivity index (χ4n) is 2.87. The van der Waals surface area contributed by atoms with Gasteiger partial charge in [-0.15, -0.1) is 0 Å². The molecule has 1 saturated heterocycles. The molecule has 1 atom stereocenters. The van der Waals surface area contributed by atoms with Gasteiger partial charge in [0.15, 0.2) is 0 Å². The van der Waals surface area contributed by atoms with E-state index in [4.69, 9.17) is 14.2 Å². The van der Waals surface area contributed by atoms with E-state index in [1.165, 1.54) is 0 Å². The molecule has 1 aliphatic heterocycles. The van der Waals surface area contributed by atoms with Crippen LogP contribution in [0.15, 0.2) is 30.5 Å². The molecule has 6 nitrogen and oxygen atoms in total.